The highest BCUT2D eigenvalue weighted by molar-refractivity contribution is 8.13. The van der Waals surface area contributed by atoms with Gasteiger partial charge in [0.15, 0.2) is 5.17 Å². The van der Waals surface area contributed by atoms with Gasteiger partial charge in [0.05, 0.1) is 27.3 Å². The van der Waals surface area contributed by atoms with Gasteiger partial charge >= 0.3 is 0 Å². The molecule has 334 valence electrons. The second-order valence-electron chi connectivity index (χ2n) is 14.7. The van der Waals surface area contributed by atoms with Crippen LogP contribution in [0.4, 0.5) is 10.9 Å². The van der Waals surface area contributed by atoms with Crippen LogP contribution in [0.3, 0.4) is 0 Å². The van der Waals surface area contributed by atoms with Gasteiger partial charge in [-0.1, -0.05) is 48.2 Å². The summed E-state index contributed by atoms with van der Waals surface area (Å²) in [6.07, 6.45) is 9.30. The fraction of sp³-hybridized carbons (Fsp3) is 0.234. The first-order chi connectivity index (χ1) is 31.5. The van der Waals surface area contributed by atoms with Gasteiger partial charge in [-0.2, -0.15) is 10.2 Å². The zero-order valence-electron chi connectivity index (χ0n) is 37.7. The van der Waals surface area contributed by atoms with Gasteiger partial charge in [-0.3, -0.25) is 24.8 Å². The summed E-state index contributed by atoms with van der Waals surface area (Å²) in [6.45, 7) is 13.0. The number of aliphatic imine (C=N–C) groups is 1. The number of anilines is 1. The summed E-state index contributed by atoms with van der Waals surface area (Å²) in [5, 5.41) is 25.9. The summed E-state index contributed by atoms with van der Waals surface area (Å²) >= 11 is 5.04. The van der Waals surface area contributed by atoms with Gasteiger partial charge < -0.3 is 9.47 Å². The number of nitrogens with two attached hydrogens (primary N) is 1. The minimum Gasteiger partial charge on any atom is -0.496 e. The van der Waals surface area contributed by atoms with E-state index in [0.717, 1.165) is 77.3 Å². The molecule has 0 saturated carbocycles. The van der Waals surface area contributed by atoms with Gasteiger partial charge in [-0.25, -0.2) is 20.9 Å². The number of fused-ring (bicyclic) bond motifs is 4. The number of pyridine rings is 2. The Balaban J connectivity index is 0.000000176. The Morgan fingerprint density at radius 3 is 1.78 bits per heavy atom. The highest BCUT2D eigenvalue weighted by Crippen LogP contribution is 2.42. The monoisotopic (exact) mass is 926 g/mol. The van der Waals surface area contributed by atoms with Crippen LogP contribution in [-0.2, 0) is 17.9 Å². The summed E-state index contributed by atoms with van der Waals surface area (Å²) in [4.78, 5) is 25.6. The standard InChI is InChI=1S/C23H22N6OS.C22H22N4OS2.C2H6N2O/c1-14-15(2)31-22-20(14)21(18-9-5-6-10-19(18)30-4)27-28(13-17-8-7-11-24-12-17)23-26-25-16(3)29(22)23;1-14-15(2)29-21-19(14)20(17-9-5-6-10-18(17)27-3)25-26(22(24-21)28-4)13-16-8-7-11-23-12-16;1-2(5)4-3/h5-12H,13H2,1-4H3;5-12H,13H2,1-4H3;3H2,1H3,(H,4,5). The molecule has 0 radical (unpaired) electrons. The molecule has 0 fully saturated rings. The van der Waals surface area contributed by atoms with Crippen LogP contribution < -0.4 is 25.8 Å². The number of carbonyl (C=O) groups is 1. The molecule has 2 aromatic carbocycles. The van der Waals surface area contributed by atoms with Crippen molar-refractivity contribution in [3.05, 3.63) is 158 Å². The molecule has 9 rings (SSSR count). The lowest BCUT2D eigenvalue weighted by Gasteiger charge is -2.20. The molecule has 7 aromatic rings. The van der Waals surface area contributed by atoms with Crippen LogP contribution in [0.25, 0.3) is 5.00 Å². The third-order valence-corrected chi connectivity index (χ3v) is 13.5. The van der Waals surface area contributed by atoms with Gasteiger partial charge in [0.25, 0.3) is 5.95 Å². The third kappa shape index (κ3) is 10.00. The topological polar surface area (TPSA) is 174 Å². The number of carbonyl (C=O) groups excluding carboxylic acids is 1. The van der Waals surface area contributed by atoms with E-state index < -0.39 is 0 Å². The van der Waals surface area contributed by atoms with Gasteiger partial charge in [-0.05, 0) is 99.5 Å². The number of hydrogen-bond acceptors (Lipinski definition) is 16. The number of hydrazone groups is 2. The number of amides is 1. The first-order valence-corrected chi connectivity index (χ1v) is 23.3. The second-order valence-corrected chi connectivity index (χ2v) is 17.9. The van der Waals surface area contributed by atoms with Crippen LogP contribution in [0, 0.1) is 34.6 Å². The van der Waals surface area contributed by atoms with E-state index in [1.165, 1.54) is 27.8 Å². The van der Waals surface area contributed by atoms with Crippen LogP contribution in [0.15, 0.2) is 113 Å². The molecule has 15 nitrogen and oxygen atoms in total. The van der Waals surface area contributed by atoms with E-state index in [1.807, 2.05) is 95.6 Å². The number of hydrazine groups is 1. The van der Waals surface area contributed by atoms with E-state index in [9.17, 15) is 4.79 Å². The molecule has 0 atom stereocenters. The van der Waals surface area contributed by atoms with Crippen LogP contribution in [0.2, 0.25) is 0 Å². The first kappa shape index (κ1) is 46.3. The predicted molar refractivity (Wildman–Crippen MR) is 263 cm³/mol. The largest absolute Gasteiger partial charge is 0.496 e. The van der Waals surface area contributed by atoms with E-state index in [1.54, 1.807) is 61.0 Å². The number of thioether (sulfide) groups is 1. The maximum absolute atomic E-state index is 9.58. The number of methoxy groups -OCH3 is 2. The first-order valence-electron chi connectivity index (χ1n) is 20.5. The smallest absolute Gasteiger partial charge is 0.253 e. The molecule has 65 heavy (non-hydrogen) atoms. The van der Waals surface area contributed by atoms with Crippen LogP contribution in [0.1, 0.15) is 67.0 Å². The molecule has 18 heteroatoms. The molecule has 0 spiro atoms. The number of aryl methyl sites for hydroxylation is 3. The van der Waals surface area contributed by atoms with Crippen molar-refractivity contribution in [2.45, 2.75) is 54.6 Å². The molecule has 3 N–H and O–H groups in total. The zero-order chi connectivity index (χ0) is 46.2. The number of aromatic nitrogens is 5. The van der Waals surface area contributed by atoms with Crippen molar-refractivity contribution in [3.8, 4) is 16.5 Å². The quantitative estimate of drug-likeness (QED) is 0.0847. The Hall–Kier alpha value is -6.73. The molecule has 0 saturated heterocycles. The minimum absolute atomic E-state index is 0.218. The number of rotatable bonds is 8. The van der Waals surface area contributed by atoms with Gasteiger partial charge in [-0.15, -0.1) is 32.9 Å². The van der Waals surface area contributed by atoms with E-state index in [2.05, 4.69) is 76.5 Å². The molecule has 2 aliphatic rings. The Morgan fingerprint density at radius 2 is 1.25 bits per heavy atom. The lowest BCUT2D eigenvalue weighted by molar-refractivity contribution is -0.119. The van der Waals surface area contributed by atoms with Crippen molar-refractivity contribution < 1.29 is 14.3 Å². The Bertz CT molecular complexity index is 2890. The summed E-state index contributed by atoms with van der Waals surface area (Å²) < 4.78 is 13.5. The van der Waals surface area contributed by atoms with E-state index in [-0.39, 0.29) is 5.91 Å². The SMILES string of the molecule is CC(=O)NN.COc1ccccc1C1=NN(Cc2cccnc2)C(SC)=Nc2sc(C)c(C)c21.COc1ccccc1C1=NN(Cc2cccnc2)c2nnc(C)n2-c2sc(C)c(C)c21. The lowest BCUT2D eigenvalue weighted by Crippen LogP contribution is -2.26. The number of nitrogens with zero attached hydrogens (tertiary/aromatic N) is 10. The zero-order valence-corrected chi connectivity index (χ0v) is 40.1. The van der Waals surface area contributed by atoms with Crippen molar-refractivity contribution in [3.63, 3.8) is 0 Å². The number of thiophene rings is 2. The van der Waals surface area contributed by atoms with Crippen molar-refractivity contribution >= 4 is 67.9 Å². The number of ether oxygens (including phenoxy) is 2. The summed E-state index contributed by atoms with van der Waals surface area (Å²) in [6, 6.07) is 24.0. The predicted octanol–water partition coefficient (Wildman–Crippen LogP) is 8.81. The average Bonchev–Trinajstić information content (AvgIpc) is 3.88. The molecule has 0 bridgehead atoms. The fourth-order valence-electron chi connectivity index (χ4n) is 7.09. The van der Waals surface area contributed by atoms with Crippen LogP contribution in [0.5, 0.6) is 11.5 Å². The molecular formula is C47H50N12O3S3. The van der Waals surface area contributed by atoms with Crippen molar-refractivity contribution in [2.75, 3.05) is 25.5 Å². The molecule has 0 aliphatic carbocycles. The molecule has 1 amide bonds. The minimum atomic E-state index is -0.218. The maximum Gasteiger partial charge on any atom is 0.253 e. The van der Waals surface area contributed by atoms with Crippen LogP contribution >= 0.6 is 34.4 Å². The van der Waals surface area contributed by atoms with Gasteiger partial charge in [0.2, 0.25) is 5.91 Å². The number of amidine groups is 1. The highest BCUT2D eigenvalue weighted by Gasteiger charge is 2.32. The molecule has 7 heterocycles. The van der Waals surface area contributed by atoms with E-state index in [0.29, 0.717) is 19.0 Å². The highest BCUT2D eigenvalue weighted by atomic mass is 32.2. The fourth-order valence-corrected chi connectivity index (χ4v) is 9.88. The maximum atomic E-state index is 9.58. The Kier molecular flexibility index (Phi) is 14.8. The van der Waals surface area contributed by atoms with E-state index >= 15 is 0 Å². The Labute approximate surface area is 390 Å². The molecule has 0 unspecified atom stereocenters. The number of benzene rings is 2. The normalized spacial score (nSPS) is 12.6. The number of para-hydroxylation sites is 2. The molecule has 5 aromatic heterocycles. The van der Waals surface area contributed by atoms with Crippen molar-refractivity contribution in [2.24, 2.45) is 21.0 Å². The summed E-state index contributed by atoms with van der Waals surface area (Å²) in [5.74, 6) is 7.45. The van der Waals surface area contributed by atoms with Gasteiger partial charge in [0.1, 0.15) is 38.7 Å². The second kappa shape index (κ2) is 20.8. The van der Waals surface area contributed by atoms with Gasteiger partial charge in [0, 0.05) is 63.7 Å². The molecular weight excluding hydrogens is 877 g/mol. The van der Waals surface area contributed by atoms with Crippen molar-refractivity contribution in [1.29, 1.82) is 0 Å². The number of hydrogen-bond donors (Lipinski definition) is 2. The average molecular weight is 927 g/mol. The summed E-state index contributed by atoms with van der Waals surface area (Å²) in [5.41, 5.74) is 12.2. The van der Waals surface area contributed by atoms with E-state index in [4.69, 9.17) is 24.7 Å². The summed E-state index contributed by atoms with van der Waals surface area (Å²) in [7, 11) is 3.38. The van der Waals surface area contributed by atoms with Crippen molar-refractivity contribution in [1.82, 2.24) is 35.2 Å². The number of nitrogens with one attached hydrogen (secondary N) is 1. The third-order valence-electron chi connectivity index (χ3n) is 10.5. The Morgan fingerprint density at radius 1 is 0.723 bits per heavy atom. The molecule has 2 aliphatic heterocycles. The van der Waals surface area contributed by atoms with Crippen LogP contribution in [-0.4, -0.2) is 72.7 Å². The lowest BCUT2D eigenvalue weighted by atomic mass is 9.99.